The van der Waals surface area contributed by atoms with E-state index < -0.39 is 0 Å². The molecule has 5 heteroatoms. The Balaban J connectivity index is 0.000000614. The van der Waals surface area contributed by atoms with Crippen molar-refractivity contribution < 1.29 is 0 Å². The number of aromatic nitrogens is 2. The highest BCUT2D eigenvalue weighted by Crippen LogP contribution is 2.32. The Morgan fingerprint density at radius 2 is 1.78 bits per heavy atom. The van der Waals surface area contributed by atoms with E-state index in [-0.39, 0.29) is 0 Å². The van der Waals surface area contributed by atoms with Crippen molar-refractivity contribution in [1.82, 2.24) is 15.3 Å². The molecule has 0 spiro atoms. The monoisotopic (exact) mass is 384 g/mol. The standard InChI is InChI=1S/C18H20N4S.2C2H6/c1-6-19-7-2-13(1)12-21-17-11-16(14-3-8-20-9-4-14)22-15-5-10-23-18(15)17;2*1-2/h3-5,8-11,13,19H,1-2,6-7,12H2,(H,21,22);2*1-2H3. The SMILES string of the molecule is CC.CC.c1cc(-c2cc(NCC3CCNCC3)c3sccc3n2)ccn1. The summed E-state index contributed by atoms with van der Waals surface area (Å²) in [6.45, 7) is 11.3. The summed E-state index contributed by atoms with van der Waals surface area (Å²) < 4.78 is 1.25. The third-order valence-corrected chi connectivity index (χ3v) is 5.36. The minimum atomic E-state index is 0.754. The summed E-state index contributed by atoms with van der Waals surface area (Å²) in [6.07, 6.45) is 6.14. The van der Waals surface area contributed by atoms with Crippen molar-refractivity contribution in [2.75, 3.05) is 25.0 Å². The zero-order valence-electron chi connectivity index (χ0n) is 17.0. The van der Waals surface area contributed by atoms with Gasteiger partial charge in [0.25, 0.3) is 0 Å². The van der Waals surface area contributed by atoms with Crippen LogP contribution in [0.1, 0.15) is 40.5 Å². The highest BCUT2D eigenvalue weighted by Gasteiger charge is 2.14. The molecular formula is C22H32N4S. The molecule has 3 aromatic heterocycles. The summed E-state index contributed by atoms with van der Waals surface area (Å²) in [5.41, 5.74) is 4.39. The third-order valence-electron chi connectivity index (χ3n) is 4.43. The number of fused-ring (bicyclic) bond motifs is 1. The van der Waals surface area contributed by atoms with Gasteiger partial charge in [-0.1, -0.05) is 27.7 Å². The predicted molar refractivity (Wildman–Crippen MR) is 120 cm³/mol. The number of nitrogens with zero attached hydrogens (tertiary/aromatic N) is 2. The van der Waals surface area contributed by atoms with Crippen LogP contribution in [0.4, 0.5) is 5.69 Å². The van der Waals surface area contributed by atoms with Crippen LogP contribution < -0.4 is 10.6 Å². The fourth-order valence-electron chi connectivity index (χ4n) is 3.10. The van der Waals surface area contributed by atoms with Gasteiger partial charge in [-0.15, -0.1) is 11.3 Å². The van der Waals surface area contributed by atoms with Crippen molar-refractivity contribution in [3.8, 4) is 11.3 Å². The Morgan fingerprint density at radius 1 is 1.07 bits per heavy atom. The summed E-state index contributed by atoms with van der Waals surface area (Å²) in [4.78, 5) is 8.89. The van der Waals surface area contributed by atoms with Gasteiger partial charge in [-0.3, -0.25) is 4.98 Å². The van der Waals surface area contributed by atoms with E-state index in [1.165, 1.54) is 23.2 Å². The maximum absolute atomic E-state index is 4.79. The average Bonchev–Trinajstić information content (AvgIpc) is 3.25. The van der Waals surface area contributed by atoms with Crippen molar-refractivity contribution in [2.24, 2.45) is 5.92 Å². The van der Waals surface area contributed by atoms with Crippen LogP contribution in [-0.4, -0.2) is 29.6 Å². The number of pyridine rings is 2. The van der Waals surface area contributed by atoms with Crippen molar-refractivity contribution in [3.63, 3.8) is 0 Å². The Morgan fingerprint density at radius 3 is 2.48 bits per heavy atom. The van der Waals surface area contributed by atoms with Gasteiger partial charge in [0.15, 0.2) is 0 Å². The summed E-state index contributed by atoms with van der Waals surface area (Å²) >= 11 is 1.75. The molecule has 0 aliphatic carbocycles. The summed E-state index contributed by atoms with van der Waals surface area (Å²) in [6, 6.07) is 8.30. The van der Waals surface area contributed by atoms with Crippen LogP contribution in [-0.2, 0) is 0 Å². The number of hydrogen-bond donors (Lipinski definition) is 2. The van der Waals surface area contributed by atoms with Gasteiger partial charge in [-0.05, 0) is 61.5 Å². The first-order valence-electron chi connectivity index (χ1n) is 10.1. The zero-order chi connectivity index (χ0) is 19.5. The van der Waals surface area contributed by atoms with Crippen LogP contribution in [0.15, 0.2) is 42.0 Å². The normalized spacial score (nSPS) is 13.9. The second-order valence-corrected chi connectivity index (χ2v) is 6.92. The smallest absolute Gasteiger partial charge is 0.0838 e. The van der Waals surface area contributed by atoms with Gasteiger partial charge in [0.05, 0.1) is 21.6 Å². The van der Waals surface area contributed by atoms with E-state index in [2.05, 4.69) is 33.1 Å². The Labute approximate surface area is 167 Å². The van der Waals surface area contributed by atoms with E-state index in [0.717, 1.165) is 42.3 Å². The average molecular weight is 385 g/mol. The second kappa shape index (κ2) is 11.7. The molecule has 0 radical (unpaired) electrons. The second-order valence-electron chi connectivity index (χ2n) is 6.00. The van der Waals surface area contributed by atoms with Crippen LogP contribution in [0.5, 0.6) is 0 Å². The summed E-state index contributed by atoms with van der Waals surface area (Å²) in [5.74, 6) is 0.754. The molecule has 4 heterocycles. The maximum Gasteiger partial charge on any atom is 0.0838 e. The minimum Gasteiger partial charge on any atom is -0.383 e. The zero-order valence-corrected chi connectivity index (χ0v) is 17.8. The van der Waals surface area contributed by atoms with Gasteiger partial charge < -0.3 is 10.6 Å². The predicted octanol–water partition coefficient (Wildman–Crippen LogP) is 5.82. The number of anilines is 1. The highest BCUT2D eigenvalue weighted by atomic mass is 32.1. The largest absolute Gasteiger partial charge is 0.383 e. The van der Waals surface area contributed by atoms with Crippen LogP contribution in [0.2, 0.25) is 0 Å². The molecule has 146 valence electrons. The Hall–Kier alpha value is -1.98. The number of hydrogen-bond acceptors (Lipinski definition) is 5. The van der Waals surface area contributed by atoms with E-state index in [1.54, 1.807) is 11.3 Å². The van der Waals surface area contributed by atoms with Crippen molar-refractivity contribution in [1.29, 1.82) is 0 Å². The van der Waals surface area contributed by atoms with Gasteiger partial charge >= 0.3 is 0 Å². The molecule has 1 aliphatic rings. The van der Waals surface area contributed by atoms with E-state index >= 15 is 0 Å². The number of rotatable bonds is 4. The van der Waals surface area contributed by atoms with E-state index in [4.69, 9.17) is 4.98 Å². The number of nitrogens with one attached hydrogen (secondary N) is 2. The van der Waals surface area contributed by atoms with E-state index in [0.29, 0.717) is 0 Å². The third kappa shape index (κ3) is 5.75. The van der Waals surface area contributed by atoms with E-state index in [9.17, 15) is 0 Å². The molecule has 0 aromatic carbocycles. The molecule has 0 amide bonds. The number of piperidine rings is 1. The lowest BCUT2D eigenvalue weighted by Gasteiger charge is -2.23. The van der Waals surface area contributed by atoms with E-state index in [1.807, 2.05) is 52.2 Å². The quantitative estimate of drug-likeness (QED) is 0.595. The fourth-order valence-corrected chi connectivity index (χ4v) is 3.92. The molecule has 0 unspecified atom stereocenters. The minimum absolute atomic E-state index is 0.754. The number of thiophene rings is 1. The molecule has 0 saturated carbocycles. The van der Waals surface area contributed by atoms with Gasteiger partial charge in [0.1, 0.15) is 0 Å². The van der Waals surface area contributed by atoms with Crippen molar-refractivity contribution in [2.45, 2.75) is 40.5 Å². The fraction of sp³-hybridized carbons (Fsp3) is 0.455. The molecule has 4 nitrogen and oxygen atoms in total. The van der Waals surface area contributed by atoms with Gasteiger partial charge in [-0.25, -0.2) is 4.98 Å². The molecule has 3 aromatic rings. The Bertz CT molecular complexity index is 779. The topological polar surface area (TPSA) is 49.8 Å². The lowest BCUT2D eigenvalue weighted by atomic mass is 9.98. The molecule has 0 atom stereocenters. The Kier molecular flexibility index (Phi) is 9.22. The first kappa shape index (κ1) is 21.3. The van der Waals surface area contributed by atoms with Crippen molar-refractivity contribution >= 4 is 27.2 Å². The molecule has 1 fully saturated rings. The lowest BCUT2D eigenvalue weighted by Crippen LogP contribution is -2.31. The lowest BCUT2D eigenvalue weighted by molar-refractivity contribution is 0.390. The maximum atomic E-state index is 4.79. The molecule has 27 heavy (non-hydrogen) atoms. The van der Waals surface area contributed by atoms with Gasteiger partial charge in [0.2, 0.25) is 0 Å². The summed E-state index contributed by atoms with van der Waals surface area (Å²) in [7, 11) is 0. The van der Waals surface area contributed by atoms with Gasteiger partial charge in [-0.2, -0.15) is 0 Å². The molecule has 1 aliphatic heterocycles. The van der Waals surface area contributed by atoms with Crippen molar-refractivity contribution in [3.05, 3.63) is 42.0 Å². The molecular weight excluding hydrogens is 352 g/mol. The molecule has 1 saturated heterocycles. The highest BCUT2D eigenvalue weighted by molar-refractivity contribution is 7.17. The first-order valence-corrected chi connectivity index (χ1v) is 11.0. The molecule has 4 rings (SSSR count). The van der Waals surface area contributed by atoms with Crippen LogP contribution in [0.25, 0.3) is 21.5 Å². The van der Waals surface area contributed by atoms with Crippen LogP contribution in [0, 0.1) is 5.92 Å². The first-order chi connectivity index (χ1) is 13.4. The summed E-state index contributed by atoms with van der Waals surface area (Å²) in [5, 5.41) is 9.22. The van der Waals surface area contributed by atoms with Crippen LogP contribution >= 0.6 is 11.3 Å². The molecule has 0 bridgehead atoms. The van der Waals surface area contributed by atoms with Gasteiger partial charge in [0, 0.05) is 24.5 Å². The molecule has 2 N–H and O–H groups in total. The van der Waals surface area contributed by atoms with Crippen LogP contribution in [0.3, 0.4) is 0 Å².